The fraction of sp³-hybridized carbons (Fsp3) is 0.500. The maximum absolute atomic E-state index is 4.39. The van der Waals surface area contributed by atoms with Crippen molar-refractivity contribution >= 4 is 11.3 Å². The molecule has 0 saturated carbocycles. The number of thiophene rings is 1. The highest BCUT2D eigenvalue weighted by atomic mass is 32.1. The minimum absolute atomic E-state index is 0.330. The van der Waals surface area contributed by atoms with E-state index in [4.69, 9.17) is 0 Å². The van der Waals surface area contributed by atoms with Crippen molar-refractivity contribution in [1.29, 1.82) is 0 Å². The van der Waals surface area contributed by atoms with E-state index in [1.54, 1.807) is 11.3 Å². The lowest BCUT2D eigenvalue weighted by molar-refractivity contribution is 0.443. The number of hydrogen-bond acceptors (Lipinski definition) is 4. The van der Waals surface area contributed by atoms with Crippen LogP contribution in [0.1, 0.15) is 29.5 Å². The lowest BCUT2D eigenvalue weighted by Gasteiger charge is -2.13. The zero-order valence-corrected chi connectivity index (χ0v) is 11.3. The number of aryl methyl sites for hydroxylation is 2. The molecule has 4 nitrogen and oxygen atoms in total. The molecule has 0 aliphatic rings. The molecule has 1 unspecified atom stereocenters. The van der Waals surface area contributed by atoms with Crippen molar-refractivity contribution in [2.45, 2.75) is 33.4 Å². The smallest absolute Gasteiger partial charge is 0.147 e. The highest BCUT2D eigenvalue weighted by Crippen LogP contribution is 2.09. The number of aromatic nitrogens is 3. The normalized spacial score (nSPS) is 12.9. The molecular formula is C12H18N4S. The summed E-state index contributed by atoms with van der Waals surface area (Å²) in [5.41, 5.74) is 0. The molecule has 0 aliphatic carbocycles. The van der Waals surface area contributed by atoms with Crippen LogP contribution in [-0.4, -0.2) is 21.3 Å². The topological polar surface area (TPSA) is 42.7 Å². The van der Waals surface area contributed by atoms with Gasteiger partial charge in [0, 0.05) is 18.0 Å². The fourth-order valence-corrected chi connectivity index (χ4v) is 2.53. The molecule has 5 heteroatoms. The van der Waals surface area contributed by atoms with Gasteiger partial charge in [-0.3, -0.25) is 0 Å². The molecule has 0 radical (unpaired) electrons. The summed E-state index contributed by atoms with van der Waals surface area (Å²) in [6.45, 7) is 7.91. The van der Waals surface area contributed by atoms with Gasteiger partial charge in [-0.05, 0) is 32.2 Å². The Morgan fingerprint density at radius 1 is 1.47 bits per heavy atom. The molecule has 0 saturated heterocycles. The highest BCUT2D eigenvalue weighted by molar-refractivity contribution is 7.09. The van der Waals surface area contributed by atoms with Crippen LogP contribution >= 0.6 is 11.3 Å². The average Bonchev–Trinajstić information content (AvgIpc) is 2.88. The SMILES string of the molecule is Cc1nc(C)n(C(C)CNCc2cccs2)n1. The van der Waals surface area contributed by atoms with Gasteiger partial charge in [-0.15, -0.1) is 11.3 Å². The third kappa shape index (κ3) is 3.14. The molecule has 0 spiro atoms. The quantitative estimate of drug-likeness (QED) is 0.885. The van der Waals surface area contributed by atoms with E-state index in [9.17, 15) is 0 Å². The van der Waals surface area contributed by atoms with Crippen LogP contribution < -0.4 is 5.32 Å². The minimum atomic E-state index is 0.330. The third-order valence-corrected chi connectivity index (χ3v) is 3.52. The summed E-state index contributed by atoms with van der Waals surface area (Å²) in [5.74, 6) is 1.82. The number of rotatable bonds is 5. The van der Waals surface area contributed by atoms with Gasteiger partial charge >= 0.3 is 0 Å². The van der Waals surface area contributed by atoms with Crippen LogP contribution in [0.4, 0.5) is 0 Å². The standard InChI is InChI=1S/C12H18N4S/c1-9(16-11(3)14-10(2)15-16)7-13-8-12-5-4-6-17-12/h4-6,9,13H,7-8H2,1-3H3. The first kappa shape index (κ1) is 12.3. The molecule has 0 aromatic carbocycles. The minimum Gasteiger partial charge on any atom is -0.310 e. The van der Waals surface area contributed by atoms with E-state index in [2.05, 4.69) is 39.8 Å². The number of nitrogens with one attached hydrogen (secondary N) is 1. The second kappa shape index (κ2) is 5.42. The van der Waals surface area contributed by atoms with E-state index >= 15 is 0 Å². The van der Waals surface area contributed by atoms with Crippen LogP contribution in [0.5, 0.6) is 0 Å². The van der Waals surface area contributed by atoms with Gasteiger partial charge in [0.1, 0.15) is 11.6 Å². The van der Waals surface area contributed by atoms with Crippen molar-refractivity contribution in [3.63, 3.8) is 0 Å². The van der Waals surface area contributed by atoms with Crippen LogP contribution in [0.15, 0.2) is 17.5 Å². The average molecular weight is 250 g/mol. The molecule has 17 heavy (non-hydrogen) atoms. The van der Waals surface area contributed by atoms with Crippen LogP contribution in [0.3, 0.4) is 0 Å². The van der Waals surface area contributed by atoms with Crippen molar-refractivity contribution in [3.05, 3.63) is 34.0 Å². The largest absolute Gasteiger partial charge is 0.310 e. The molecule has 2 aromatic rings. The maximum Gasteiger partial charge on any atom is 0.147 e. The van der Waals surface area contributed by atoms with Crippen molar-refractivity contribution in [3.8, 4) is 0 Å². The summed E-state index contributed by atoms with van der Waals surface area (Å²) in [6.07, 6.45) is 0. The van der Waals surface area contributed by atoms with Gasteiger partial charge in [0.05, 0.1) is 6.04 Å². The zero-order chi connectivity index (χ0) is 12.3. The molecule has 2 rings (SSSR count). The predicted octanol–water partition coefficient (Wildman–Crippen LogP) is 2.31. The second-order valence-corrected chi connectivity index (χ2v) is 5.24. The van der Waals surface area contributed by atoms with Crippen LogP contribution in [-0.2, 0) is 6.54 Å². The third-order valence-electron chi connectivity index (χ3n) is 2.64. The molecule has 0 fully saturated rings. The summed E-state index contributed by atoms with van der Waals surface area (Å²) in [4.78, 5) is 5.68. The Kier molecular flexibility index (Phi) is 3.91. The Bertz CT molecular complexity index is 461. The van der Waals surface area contributed by atoms with E-state index in [-0.39, 0.29) is 0 Å². The summed E-state index contributed by atoms with van der Waals surface area (Å²) in [6, 6.07) is 4.56. The van der Waals surface area contributed by atoms with E-state index in [0.29, 0.717) is 6.04 Å². The monoisotopic (exact) mass is 250 g/mol. The van der Waals surface area contributed by atoms with E-state index in [1.165, 1.54) is 4.88 Å². The molecule has 0 amide bonds. The maximum atomic E-state index is 4.39. The Morgan fingerprint density at radius 3 is 2.88 bits per heavy atom. The second-order valence-electron chi connectivity index (χ2n) is 4.21. The van der Waals surface area contributed by atoms with Gasteiger partial charge < -0.3 is 5.32 Å². The molecular weight excluding hydrogens is 232 g/mol. The summed E-state index contributed by atoms with van der Waals surface area (Å²) in [7, 11) is 0. The number of nitrogens with zero attached hydrogens (tertiary/aromatic N) is 3. The lowest BCUT2D eigenvalue weighted by atomic mass is 10.3. The van der Waals surface area contributed by atoms with Crippen molar-refractivity contribution in [2.24, 2.45) is 0 Å². The van der Waals surface area contributed by atoms with Crippen LogP contribution in [0.25, 0.3) is 0 Å². The van der Waals surface area contributed by atoms with Gasteiger partial charge in [0.2, 0.25) is 0 Å². The molecule has 0 aliphatic heterocycles. The Labute approximate surface area is 106 Å². The Morgan fingerprint density at radius 2 is 2.29 bits per heavy atom. The predicted molar refractivity (Wildman–Crippen MR) is 70.2 cm³/mol. The first-order valence-electron chi connectivity index (χ1n) is 5.79. The van der Waals surface area contributed by atoms with E-state index in [0.717, 1.165) is 24.7 Å². The van der Waals surface area contributed by atoms with Gasteiger partial charge in [0.25, 0.3) is 0 Å². The van der Waals surface area contributed by atoms with Crippen molar-refractivity contribution in [2.75, 3.05) is 6.54 Å². The summed E-state index contributed by atoms with van der Waals surface area (Å²) >= 11 is 1.78. The molecule has 1 N–H and O–H groups in total. The van der Waals surface area contributed by atoms with Crippen LogP contribution in [0, 0.1) is 13.8 Å². The zero-order valence-electron chi connectivity index (χ0n) is 10.5. The van der Waals surface area contributed by atoms with Gasteiger partial charge in [0.15, 0.2) is 0 Å². The first-order valence-corrected chi connectivity index (χ1v) is 6.67. The molecule has 2 aromatic heterocycles. The summed E-state index contributed by atoms with van der Waals surface area (Å²) in [5, 5.41) is 9.94. The lowest BCUT2D eigenvalue weighted by Crippen LogP contribution is -2.24. The number of hydrogen-bond donors (Lipinski definition) is 1. The first-order chi connectivity index (χ1) is 8.16. The van der Waals surface area contributed by atoms with Gasteiger partial charge in [-0.25, -0.2) is 9.67 Å². The van der Waals surface area contributed by atoms with Gasteiger partial charge in [-0.1, -0.05) is 6.07 Å². The fourth-order valence-electron chi connectivity index (χ4n) is 1.86. The molecule has 0 bridgehead atoms. The molecule has 1 atom stereocenters. The van der Waals surface area contributed by atoms with Crippen molar-refractivity contribution in [1.82, 2.24) is 20.1 Å². The van der Waals surface area contributed by atoms with Crippen LogP contribution in [0.2, 0.25) is 0 Å². The molecule has 2 heterocycles. The molecule has 92 valence electrons. The Balaban J connectivity index is 1.85. The van der Waals surface area contributed by atoms with Gasteiger partial charge in [-0.2, -0.15) is 5.10 Å². The Hall–Kier alpha value is -1.20. The van der Waals surface area contributed by atoms with E-state index < -0.39 is 0 Å². The summed E-state index contributed by atoms with van der Waals surface area (Å²) < 4.78 is 1.98. The van der Waals surface area contributed by atoms with E-state index in [1.807, 2.05) is 18.5 Å². The highest BCUT2D eigenvalue weighted by Gasteiger charge is 2.09. The van der Waals surface area contributed by atoms with Crippen molar-refractivity contribution < 1.29 is 0 Å².